The molecule has 3 aromatic rings. The lowest BCUT2D eigenvalue weighted by Crippen LogP contribution is -2.02. The molecule has 5 heteroatoms. The van der Waals surface area contributed by atoms with Crippen LogP contribution in [0.2, 0.25) is 5.02 Å². The monoisotopic (exact) mass is 292 g/mol. The van der Waals surface area contributed by atoms with E-state index in [4.69, 9.17) is 16.0 Å². The molecule has 0 amide bonds. The molecule has 0 aliphatic carbocycles. The fraction of sp³-hybridized carbons (Fsp3) is 0. The van der Waals surface area contributed by atoms with Crippen LogP contribution in [-0.4, -0.2) is 5.78 Å². The highest BCUT2D eigenvalue weighted by Crippen LogP contribution is 2.24. The molecular weight excluding hydrogens is 286 g/mol. The van der Waals surface area contributed by atoms with Gasteiger partial charge in [0.05, 0.1) is 5.56 Å². The van der Waals surface area contributed by atoms with Crippen molar-refractivity contribution < 1.29 is 18.0 Å². The summed E-state index contributed by atoms with van der Waals surface area (Å²) in [6.45, 7) is 0. The Hall–Kier alpha value is -2.20. The van der Waals surface area contributed by atoms with Crippen LogP contribution in [0.1, 0.15) is 16.1 Å². The first-order chi connectivity index (χ1) is 9.54. The third-order valence-electron chi connectivity index (χ3n) is 2.88. The average molecular weight is 293 g/mol. The summed E-state index contributed by atoms with van der Waals surface area (Å²) in [7, 11) is 0. The molecule has 100 valence electrons. The van der Waals surface area contributed by atoms with E-state index >= 15 is 0 Å². The summed E-state index contributed by atoms with van der Waals surface area (Å²) in [5.41, 5.74) is 0.220. The molecule has 0 saturated heterocycles. The molecule has 0 aliphatic heterocycles. The topological polar surface area (TPSA) is 30.2 Å². The van der Waals surface area contributed by atoms with Crippen LogP contribution >= 0.6 is 11.6 Å². The second-order valence-corrected chi connectivity index (χ2v) is 4.68. The highest BCUT2D eigenvalue weighted by Gasteiger charge is 2.18. The second-order valence-electron chi connectivity index (χ2n) is 4.25. The Labute approximate surface area is 117 Å². The van der Waals surface area contributed by atoms with Crippen LogP contribution in [0, 0.1) is 11.6 Å². The van der Waals surface area contributed by atoms with E-state index in [0.29, 0.717) is 11.0 Å². The van der Waals surface area contributed by atoms with Crippen LogP contribution in [0.25, 0.3) is 11.0 Å². The van der Waals surface area contributed by atoms with Gasteiger partial charge in [-0.3, -0.25) is 4.79 Å². The van der Waals surface area contributed by atoms with Gasteiger partial charge < -0.3 is 4.42 Å². The van der Waals surface area contributed by atoms with Crippen molar-refractivity contribution in [3.05, 3.63) is 70.4 Å². The van der Waals surface area contributed by atoms with Crippen molar-refractivity contribution in [1.82, 2.24) is 0 Å². The molecule has 0 aliphatic rings. The Morgan fingerprint density at radius 2 is 1.85 bits per heavy atom. The molecule has 0 spiro atoms. The molecular formula is C15H7ClF2O2. The van der Waals surface area contributed by atoms with E-state index in [2.05, 4.69) is 0 Å². The van der Waals surface area contributed by atoms with Crippen LogP contribution in [-0.2, 0) is 0 Å². The second kappa shape index (κ2) is 4.72. The van der Waals surface area contributed by atoms with Crippen LogP contribution in [0.5, 0.6) is 0 Å². The Bertz CT molecular complexity index is 824. The summed E-state index contributed by atoms with van der Waals surface area (Å²) in [6, 6.07) is 9.02. The molecule has 3 rings (SSSR count). The Balaban J connectivity index is 2.08. The predicted octanol–water partition coefficient (Wildman–Crippen LogP) is 4.60. The Morgan fingerprint density at radius 3 is 2.60 bits per heavy atom. The smallest absolute Gasteiger partial charge is 0.231 e. The van der Waals surface area contributed by atoms with E-state index in [1.54, 1.807) is 0 Å². The summed E-state index contributed by atoms with van der Waals surface area (Å²) in [4.78, 5) is 12.2. The standard InChI is InChI=1S/C15H7ClF2O2/c16-9-1-3-11(12(18)7-9)15(19)14-6-8-5-10(17)2-4-13(8)20-14/h1-7H. The first-order valence-electron chi connectivity index (χ1n) is 5.73. The molecule has 20 heavy (non-hydrogen) atoms. The zero-order chi connectivity index (χ0) is 14.3. The van der Waals surface area contributed by atoms with Gasteiger partial charge in [0.2, 0.25) is 5.78 Å². The summed E-state index contributed by atoms with van der Waals surface area (Å²) < 4.78 is 32.1. The van der Waals surface area contributed by atoms with Gasteiger partial charge >= 0.3 is 0 Å². The highest BCUT2D eigenvalue weighted by atomic mass is 35.5. The lowest BCUT2D eigenvalue weighted by atomic mass is 10.1. The number of benzene rings is 2. The maximum atomic E-state index is 13.7. The minimum atomic E-state index is -0.728. The molecule has 0 bridgehead atoms. The van der Waals surface area contributed by atoms with Crippen molar-refractivity contribution in [3.63, 3.8) is 0 Å². The largest absolute Gasteiger partial charge is 0.453 e. The fourth-order valence-corrected chi connectivity index (χ4v) is 2.09. The third kappa shape index (κ3) is 2.18. The van der Waals surface area contributed by atoms with Crippen LogP contribution < -0.4 is 0 Å². The number of ketones is 1. The predicted molar refractivity (Wildman–Crippen MR) is 71.0 cm³/mol. The van der Waals surface area contributed by atoms with Crippen molar-refractivity contribution in [2.75, 3.05) is 0 Å². The van der Waals surface area contributed by atoms with E-state index in [1.807, 2.05) is 0 Å². The summed E-state index contributed by atoms with van der Waals surface area (Å²) in [5, 5.41) is 0.647. The van der Waals surface area contributed by atoms with Crippen molar-refractivity contribution in [2.24, 2.45) is 0 Å². The molecule has 1 aromatic heterocycles. The van der Waals surface area contributed by atoms with Crippen molar-refractivity contribution in [3.8, 4) is 0 Å². The first kappa shape index (κ1) is 12.8. The van der Waals surface area contributed by atoms with Crippen LogP contribution in [0.15, 0.2) is 46.9 Å². The van der Waals surface area contributed by atoms with Crippen LogP contribution in [0.3, 0.4) is 0 Å². The molecule has 0 fully saturated rings. The maximum Gasteiger partial charge on any atom is 0.231 e. The van der Waals surface area contributed by atoms with Gasteiger partial charge in [0.1, 0.15) is 17.2 Å². The van der Waals surface area contributed by atoms with Crippen LogP contribution in [0.4, 0.5) is 8.78 Å². The Morgan fingerprint density at radius 1 is 1.05 bits per heavy atom. The number of carbonyl (C=O) groups is 1. The maximum absolute atomic E-state index is 13.7. The first-order valence-corrected chi connectivity index (χ1v) is 6.11. The van der Waals surface area contributed by atoms with E-state index in [9.17, 15) is 13.6 Å². The van der Waals surface area contributed by atoms with Gasteiger partial charge in [-0.1, -0.05) is 11.6 Å². The van der Waals surface area contributed by atoms with Gasteiger partial charge in [-0.15, -0.1) is 0 Å². The number of fused-ring (bicyclic) bond motifs is 1. The molecule has 0 atom stereocenters. The molecule has 2 nitrogen and oxygen atoms in total. The van der Waals surface area contributed by atoms with Gasteiger partial charge in [0.25, 0.3) is 0 Å². The highest BCUT2D eigenvalue weighted by molar-refractivity contribution is 6.30. The van der Waals surface area contributed by atoms with Gasteiger partial charge in [-0.25, -0.2) is 8.78 Å². The van der Waals surface area contributed by atoms with Gasteiger partial charge in [0.15, 0.2) is 5.76 Å². The van der Waals surface area contributed by atoms with Crippen molar-refractivity contribution >= 4 is 28.4 Å². The van der Waals surface area contributed by atoms with E-state index in [-0.39, 0.29) is 16.3 Å². The molecule has 2 aromatic carbocycles. The molecule has 0 saturated carbocycles. The zero-order valence-corrected chi connectivity index (χ0v) is 10.7. The average Bonchev–Trinajstić information content (AvgIpc) is 2.81. The number of hydrogen-bond donors (Lipinski definition) is 0. The fourth-order valence-electron chi connectivity index (χ4n) is 1.93. The molecule has 0 N–H and O–H groups in total. The number of halogens is 3. The third-order valence-corrected chi connectivity index (χ3v) is 3.11. The number of furan rings is 1. The lowest BCUT2D eigenvalue weighted by Gasteiger charge is -2.00. The van der Waals surface area contributed by atoms with Crippen molar-refractivity contribution in [2.45, 2.75) is 0 Å². The van der Waals surface area contributed by atoms with E-state index < -0.39 is 17.4 Å². The molecule has 0 unspecified atom stereocenters. The SMILES string of the molecule is O=C(c1cc2cc(F)ccc2o1)c1ccc(Cl)cc1F. The summed E-state index contributed by atoms with van der Waals surface area (Å²) in [6.07, 6.45) is 0. The minimum Gasteiger partial charge on any atom is -0.453 e. The summed E-state index contributed by atoms with van der Waals surface area (Å²) >= 11 is 5.63. The van der Waals surface area contributed by atoms with Gasteiger partial charge in [-0.05, 0) is 42.5 Å². The number of rotatable bonds is 2. The van der Waals surface area contributed by atoms with E-state index in [0.717, 1.165) is 6.07 Å². The molecule has 1 heterocycles. The molecule has 0 radical (unpaired) electrons. The zero-order valence-electron chi connectivity index (χ0n) is 9.99. The number of hydrogen-bond acceptors (Lipinski definition) is 2. The van der Waals surface area contributed by atoms with Gasteiger partial charge in [-0.2, -0.15) is 0 Å². The van der Waals surface area contributed by atoms with Gasteiger partial charge in [0, 0.05) is 10.4 Å². The quantitative estimate of drug-likeness (QED) is 0.646. The van der Waals surface area contributed by atoms with E-state index in [1.165, 1.54) is 36.4 Å². The number of carbonyl (C=O) groups excluding carboxylic acids is 1. The summed E-state index contributed by atoms with van der Waals surface area (Å²) in [5.74, 6) is -1.83. The Kier molecular flexibility index (Phi) is 3.03. The van der Waals surface area contributed by atoms with Crippen molar-refractivity contribution in [1.29, 1.82) is 0 Å². The minimum absolute atomic E-state index is 0.0492. The lowest BCUT2D eigenvalue weighted by molar-refractivity contribution is 0.101. The normalized spacial score (nSPS) is 10.9.